The lowest BCUT2D eigenvalue weighted by Crippen LogP contribution is -2.55. The van der Waals surface area contributed by atoms with Crippen LogP contribution in [0.4, 0.5) is 4.79 Å². The summed E-state index contributed by atoms with van der Waals surface area (Å²) in [4.78, 5) is 27.4. The molecule has 120 valence electrons. The van der Waals surface area contributed by atoms with Gasteiger partial charge in [0.1, 0.15) is 0 Å². The fourth-order valence-electron chi connectivity index (χ4n) is 2.66. The van der Waals surface area contributed by atoms with Crippen LogP contribution in [0.2, 0.25) is 0 Å². The van der Waals surface area contributed by atoms with Crippen molar-refractivity contribution in [2.24, 2.45) is 5.92 Å². The molecule has 0 bridgehead atoms. The van der Waals surface area contributed by atoms with Gasteiger partial charge in [0, 0.05) is 19.1 Å². The average molecular weight is 298 g/mol. The smallest absolute Gasteiger partial charge is 0.320 e. The van der Waals surface area contributed by atoms with Gasteiger partial charge < -0.3 is 19.6 Å². The number of rotatable bonds is 6. The van der Waals surface area contributed by atoms with Gasteiger partial charge in [0.25, 0.3) is 0 Å². The zero-order valence-electron chi connectivity index (χ0n) is 13.0. The minimum Gasteiger partial charge on any atom is -0.481 e. The molecule has 2 fully saturated rings. The van der Waals surface area contributed by atoms with E-state index in [-0.39, 0.29) is 18.5 Å². The number of aliphatic carboxylic acids is 1. The van der Waals surface area contributed by atoms with E-state index < -0.39 is 5.97 Å². The molecular weight excluding hydrogens is 272 g/mol. The summed E-state index contributed by atoms with van der Waals surface area (Å²) in [5.74, 6) is -0.331. The predicted octanol–water partition coefficient (Wildman–Crippen LogP) is 1.79. The van der Waals surface area contributed by atoms with Gasteiger partial charge in [0.2, 0.25) is 0 Å². The van der Waals surface area contributed by atoms with Crippen molar-refractivity contribution < 1.29 is 19.4 Å². The fraction of sp³-hybridized carbons (Fsp3) is 0.867. The number of nitrogens with zero attached hydrogens (tertiary/aromatic N) is 2. The highest BCUT2D eigenvalue weighted by Gasteiger charge is 2.38. The molecule has 2 aliphatic rings. The van der Waals surface area contributed by atoms with Crippen molar-refractivity contribution in [1.82, 2.24) is 9.80 Å². The first-order valence-corrected chi connectivity index (χ1v) is 7.85. The van der Waals surface area contributed by atoms with Crippen LogP contribution in [0.5, 0.6) is 0 Å². The SMILES string of the molecule is CC(C)CCN(C(=O)N1CCOCC1CC(=O)O)C1CC1. The first-order chi connectivity index (χ1) is 9.99. The van der Waals surface area contributed by atoms with Crippen LogP contribution in [0.3, 0.4) is 0 Å². The first kappa shape index (κ1) is 16.1. The van der Waals surface area contributed by atoms with Crippen molar-refractivity contribution in [2.45, 2.75) is 51.6 Å². The Bertz CT molecular complexity index is 382. The summed E-state index contributed by atoms with van der Waals surface area (Å²) in [5.41, 5.74) is 0. The Labute approximate surface area is 126 Å². The maximum atomic E-state index is 12.8. The minimum atomic E-state index is -0.886. The van der Waals surface area contributed by atoms with E-state index in [9.17, 15) is 9.59 Å². The Morgan fingerprint density at radius 2 is 2.10 bits per heavy atom. The molecule has 1 unspecified atom stereocenters. The average Bonchev–Trinajstić information content (AvgIpc) is 3.23. The first-order valence-electron chi connectivity index (χ1n) is 7.85. The number of morpholine rings is 1. The number of hydrogen-bond acceptors (Lipinski definition) is 3. The maximum absolute atomic E-state index is 12.8. The van der Waals surface area contributed by atoms with Gasteiger partial charge in [-0.25, -0.2) is 4.79 Å². The Morgan fingerprint density at radius 3 is 2.67 bits per heavy atom. The third kappa shape index (κ3) is 4.59. The maximum Gasteiger partial charge on any atom is 0.320 e. The topological polar surface area (TPSA) is 70.1 Å². The van der Waals surface area contributed by atoms with Crippen molar-refractivity contribution in [2.75, 3.05) is 26.3 Å². The molecule has 2 amide bonds. The van der Waals surface area contributed by atoms with Gasteiger partial charge in [-0.1, -0.05) is 13.8 Å². The number of carbonyl (C=O) groups is 2. The fourth-order valence-corrected chi connectivity index (χ4v) is 2.66. The molecule has 6 heteroatoms. The Hall–Kier alpha value is -1.30. The second-order valence-electron chi connectivity index (χ2n) is 6.41. The molecule has 0 radical (unpaired) electrons. The van der Waals surface area contributed by atoms with Crippen LogP contribution >= 0.6 is 0 Å². The van der Waals surface area contributed by atoms with Crippen LogP contribution in [0.25, 0.3) is 0 Å². The van der Waals surface area contributed by atoms with Crippen LogP contribution in [-0.2, 0) is 9.53 Å². The van der Waals surface area contributed by atoms with E-state index >= 15 is 0 Å². The zero-order valence-corrected chi connectivity index (χ0v) is 13.0. The quantitative estimate of drug-likeness (QED) is 0.811. The lowest BCUT2D eigenvalue weighted by atomic mass is 10.1. The highest BCUT2D eigenvalue weighted by Crippen LogP contribution is 2.29. The molecule has 1 N–H and O–H groups in total. The molecule has 1 saturated carbocycles. The highest BCUT2D eigenvalue weighted by molar-refractivity contribution is 5.77. The summed E-state index contributed by atoms with van der Waals surface area (Å²) < 4.78 is 5.34. The molecule has 2 rings (SSSR count). The summed E-state index contributed by atoms with van der Waals surface area (Å²) in [5, 5.41) is 8.99. The molecule has 0 spiro atoms. The van der Waals surface area contributed by atoms with Crippen LogP contribution in [0, 0.1) is 5.92 Å². The summed E-state index contributed by atoms with van der Waals surface area (Å²) in [7, 11) is 0. The van der Waals surface area contributed by atoms with Gasteiger partial charge in [-0.2, -0.15) is 0 Å². The van der Waals surface area contributed by atoms with E-state index in [0.717, 1.165) is 25.8 Å². The molecular formula is C15H26N2O4. The van der Waals surface area contributed by atoms with E-state index in [1.54, 1.807) is 4.90 Å². The largest absolute Gasteiger partial charge is 0.481 e. The molecule has 0 aromatic heterocycles. The van der Waals surface area contributed by atoms with Gasteiger partial charge in [-0.3, -0.25) is 4.79 Å². The minimum absolute atomic E-state index is 0.00676. The summed E-state index contributed by atoms with van der Waals surface area (Å²) in [6, 6.07) is 0.00122. The Balaban J connectivity index is 2.00. The molecule has 1 saturated heterocycles. The number of ether oxygens (including phenoxy) is 1. The van der Waals surface area contributed by atoms with E-state index in [4.69, 9.17) is 9.84 Å². The monoisotopic (exact) mass is 298 g/mol. The van der Waals surface area contributed by atoms with Crippen molar-refractivity contribution in [1.29, 1.82) is 0 Å². The van der Waals surface area contributed by atoms with Gasteiger partial charge in [-0.15, -0.1) is 0 Å². The van der Waals surface area contributed by atoms with Gasteiger partial charge in [-0.05, 0) is 25.2 Å². The third-order valence-corrected chi connectivity index (χ3v) is 4.06. The second kappa shape index (κ2) is 7.11. The van der Waals surface area contributed by atoms with Crippen LogP contribution in [0.15, 0.2) is 0 Å². The molecule has 1 aliphatic carbocycles. The number of carbonyl (C=O) groups excluding carboxylic acids is 1. The lowest BCUT2D eigenvalue weighted by Gasteiger charge is -2.38. The number of urea groups is 1. The van der Waals surface area contributed by atoms with E-state index in [2.05, 4.69) is 13.8 Å². The summed E-state index contributed by atoms with van der Waals surface area (Å²) in [6.45, 7) is 6.36. The molecule has 6 nitrogen and oxygen atoms in total. The molecule has 0 aromatic carbocycles. The lowest BCUT2D eigenvalue weighted by molar-refractivity contribution is -0.139. The van der Waals surface area contributed by atoms with Crippen LogP contribution in [0.1, 0.15) is 39.5 Å². The Kier molecular flexibility index (Phi) is 5.45. The van der Waals surface area contributed by atoms with Crippen LogP contribution < -0.4 is 0 Å². The molecule has 21 heavy (non-hydrogen) atoms. The number of carboxylic acid groups (broad SMARTS) is 1. The van der Waals surface area contributed by atoms with Crippen molar-refractivity contribution in [3.8, 4) is 0 Å². The van der Waals surface area contributed by atoms with Crippen LogP contribution in [-0.4, -0.2) is 65.3 Å². The van der Waals surface area contributed by atoms with Crippen molar-refractivity contribution in [3.05, 3.63) is 0 Å². The van der Waals surface area contributed by atoms with Gasteiger partial charge in [0.15, 0.2) is 0 Å². The Morgan fingerprint density at radius 1 is 1.38 bits per heavy atom. The molecule has 1 heterocycles. The standard InChI is InChI=1S/C15H26N2O4/c1-11(2)5-6-16(12-3-4-12)15(20)17-7-8-21-10-13(17)9-14(18)19/h11-13H,3-10H2,1-2H3,(H,18,19). The molecule has 0 aromatic rings. The van der Waals surface area contributed by atoms with Crippen molar-refractivity contribution in [3.63, 3.8) is 0 Å². The van der Waals surface area contributed by atoms with E-state index in [0.29, 0.717) is 31.7 Å². The number of amides is 2. The van der Waals surface area contributed by atoms with Gasteiger partial charge >= 0.3 is 12.0 Å². The van der Waals surface area contributed by atoms with E-state index in [1.807, 2.05) is 4.90 Å². The number of carboxylic acids is 1. The number of hydrogen-bond donors (Lipinski definition) is 1. The molecule has 1 aliphatic heterocycles. The third-order valence-electron chi connectivity index (χ3n) is 4.06. The van der Waals surface area contributed by atoms with E-state index in [1.165, 1.54) is 0 Å². The van der Waals surface area contributed by atoms with Gasteiger partial charge in [0.05, 0.1) is 25.7 Å². The zero-order chi connectivity index (χ0) is 15.4. The normalized spacial score (nSPS) is 22.4. The second-order valence-corrected chi connectivity index (χ2v) is 6.41. The predicted molar refractivity (Wildman–Crippen MR) is 78.1 cm³/mol. The summed E-state index contributed by atoms with van der Waals surface area (Å²) >= 11 is 0. The molecule has 1 atom stereocenters. The highest BCUT2D eigenvalue weighted by atomic mass is 16.5. The van der Waals surface area contributed by atoms with Crippen molar-refractivity contribution >= 4 is 12.0 Å². The summed E-state index contributed by atoms with van der Waals surface area (Å²) in [6.07, 6.45) is 3.07.